The zero-order chi connectivity index (χ0) is 11.7. The van der Waals surface area contributed by atoms with Crippen LogP contribution in [-0.4, -0.2) is 11.9 Å². The van der Waals surface area contributed by atoms with Crippen molar-refractivity contribution in [3.05, 3.63) is 33.7 Å². The van der Waals surface area contributed by atoms with Crippen molar-refractivity contribution >= 4 is 23.3 Å². The minimum absolute atomic E-state index is 0.319. The average Bonchev–Trinajstić information content (AvgIpc) is 2.67. The van der Waals surface area contributed by atoms with E-state index in [4.69, 9.17) is 5.73 Å². The van der Waals surface area contributed by atoms with Gasteiger partial charge in [-0.1, -0.05) is 6.07 Å². The highest BCUT2D eigenvalue weighted by molar-refractivity contribution is 7.10. The highest BCUT2D eigenvalue weighted by Gasteiger charge is 2.30. The fourth-order valence-electron chi connectivity index (χ4n) is 1.69. The van der Waals surface area contributed by atoms with E-state index in [9.17, 15) is 9.59 Å². The van der Waals surface area contributed by atoms with Gasteiger partial charge < -0.3 is 16.4 Å². The molecule has 0 aliphatic carbocycles. The number of primary amides is 1. The first-order valence-electron chi connectivity index (χ1n) is 4.71. The molecule has 84 valence electrons. The van der Waals surface area contributed by atoms with Crippen LogP contribution in [0.4, 0.5) is 4.79 Å². The number of allylic oxidation sites excluding steroid dienone is 1. The predicted molar refractivity (Wildman–Crippen MR) is 60.6 cm³/mol. The summed E-state index contributed by atoms with van der Waals surface area (Å²) < 4.78 is 0. The Morgan fingerprint density at radius 3 is 2.88 bits per heavy atom. The summed E-state index contributed by atoms with van der Waals surface area (Å²) in [6.07, 6.45) is 0. The van der Waals surface area contributed by atoms with E-state index in [0.717, 1.165) is 4.88 Å². The molecule has 0 fully saturated rings. The first-order chi connectivity index (χ1) is 7.59. The standard InChI is InChI=1S/C10H11N3O2S/c1-5-7(9(11)14)8(13-10(15)12-5)6-3-2-4-16-6/h2-4,8H,1H3,(H2,11,14)(H2,12,13,15)/t8-/m0/s1. The Bertz CT molecular complexity index is 464. The lowest BCUT2D eigenvalue weighted by Crippen LogP contribution is -2.45. The molecule has 1 aromatic heterocycles. The smallest absolute Gasteiger partial charge is 0.319 e. The summed E-state index contributed by atoms with van der Waals surface area (Å²) in [5, 5.41) is 7.10. The Labute approximate surface area is 96.3 Å². The van der Waals surface area contributed by atoms with Gasteiger partial charge in [0, 0.05) is 10.6 Å². The number of nitrogens with one attached hydrogen (secondary N) is 2. The van der Waals surface area contributed by atoms with E-state index in [0.29, 0.717) is 11.3 Å². The van der Waals surface area contributed by atoms with E-state index in [-0.39, 0.29) is 6.03 Å². The van der Waals surface area contributed by atoms with E-state index in [1.54, 1.807) is 6.92 Å². The molecule has 0 bridgehead atoms. The van der Waals surface area contributed by atoms with Gasteiger partial charge >= 0.3 is 6.03 Å². The number of rotatable bonds is 2. The van der Waals surface area contributed by atoms with Crippen molar-refractivity contribution in [1.29, 1.82) is 0 Å². The molecule has 3 amide bonds. The quantitative estimate of drug-likeness (QED) is 0.712. The van der Waals surface area contributed by atoms with E-state index in [2.05, 4.69) is 10.6 Å². The van der Waals surface area contributed by atoms with Crippen LogP contribution in [0.5, 0.6) is 0 Å². The summed E-state index contributed by atoms with van der Waals surface area (Å²) in [6.45, 7) is 1.67. The first kappa shape index (κ1) is 10.7. The third-order valence-corrected chi connectivity index (χ3v) is 3.30. The zero-order valence-corrected chi connectivity index (χ0v) is 9.43. The minimum Gasteiger partial charge on any atom is -0.366 e. The lowest BCUT2D eigenvalue weighted by atomic mass is 10.0. The molecule has 1 aliphatic rings. The number of hydrogen-bond donors (Lipinski definition) is 3. The lowest BCUT2D eigenvalue weighted by Gasteiger charge is -2.26. The highest BCUT2D eigenvalue weighted by atomic mass is 32.1. The number of carbonyl (C=O) groups excluding carboxylic acids is 2. The fourth-order valence-corrected chi connectivity index (χ4v) is 2.47. The Hall–Kier alpha value is -1.82. The van der Waals surface area contributed by atoms with Gasteiger partial charge in [0.15, 0.2) is 0 Å². The maximum Gasteiger partial charge on any atom is 0.319 e. The van der Waals surface area contributed by atoms with E-state index >= 15 is 0 Å². The van der Waals surface area contributed by atoms with Crippen molar-refractivity contribution in [2.45, 2.75) is 13.0 Å². The second kappa shape index (κ2) is 3.97. The molecule has 0 saturated carbocycles. The Morgan fingerprint density at radius 1 is 1.56 bits per heavy atom. The first-order valence-corrected chi connectivity index (χ1v) is 5.59. The Morgan fingerprint density at radius 2 is 2.31 bits per heavy atom. The fraction of sp³-hybridized carbons (Fsp3) is 0.200. The number of thiophene rings is 1. The molecule has 4 N–H and O–H groups in total. The van der Waals surface area contributed by atoms with Gasteiger partial charge in [0.05, 0.1) is 11.6 Å². The molecule has 1 atom stereocenters. The van der Waals surface area contributed by atoms with Crippen molar-refractivity contribution in [2.24, 2.45) is 5.73 Å². The Balaban J connectivity index is 2.46. The predicted octanol–water partition coefficient (Wildman–Crippen LogP) is 0.861. The molecule has 0 saturated heterocycles. The van der Waals surface area contributed by atoms with Crippen LogP contribution in [-0.2, 0) is 4.79 Å². The second-order valence-electron chi connectivity index (χ2n) is 3.45. The van der Waals surface area contributed by atoms with Gasteiger partial charge in [-0.05, 0) is 18.4 Å². The number of nitrogens with two attached hydrogens (primary N) is 1. The summed E-state index contributed by atoms with van der Waals surface area (Å²) in [5.41, 5.74) is 6.23. The summed E-state index contributed by atoms with van der Waals surface area (Å²) in [7, 11) is 0. The van der Waals surface area contributed by atoms with Crippen molar-refractivity contribution in [3.63, 3.8) is 0 Å². The van der Waals surface area contributed by atoms with Gasteiger partial charge in [0.2, 0.25) is 5.91 Å². The Kier molecular flexibility index (Phi) is 2.66. The molecule has 0 radical (unpaired) electrons. The maximum absolute atomic E-state index is 11.4. The van der Waals surface area contributed by atoms with Gasteiger partial charge in [0.1, 0.15) is 0 Å². The SMILES string of the molecule is CC1=C(C(N)=O)[C@H](c2cccs2)NC(=O)N1. The molecule has 1 aromatic rings. The normalized spacial score (nSPS) is 20.3. The van der Waals surface area contributed by atoms with Crippen LogP contribution in [0.1, 0.15) is 17.8 Å². The number of carbonyl (C=O) groups is 2. The zero-order valence-electron chi connectivity index (χ0n) is 8.61. The lowest BCUT2D eigenvalue weighted by molar-refractivity contribution is -0.115. The highest BCUT2D eigenvalue weighted by Crippen LogP contribution is 2.29. The van der Waals surface area contributed by atoms with Crippen LogP contribution >= 0.6 is 11.3 Å². The summed E-state index contributed by atoms with van der Waals surface area (Å²) in [5.74, 6) is -0.525. The van der Waals surface area contributed by atoms with Crippen molar-refractivity contribution < 1.29 is 9.59 Å². The van der Waals surface area contributed by atoms with Crippen molar-refractivity contribution in [1.82, 2.24) is 10.6 Å². The third kappa shape index (κ3) is 1.79. The van der Waals surface area contributed by atoms with E-state index in [1.807, 2.05) is 17.5 Å². The molecule has 0 aromatic carbocycles. The maximum atomic E-state index is 11.4. The molecule has 6 heteroatoms. The van der Waals surface area contributed by atoms with Crippen LogP contribution in [0.15, 0.2) is 28.8 Å². The molecule has 1 aliphatic heterocycles. The van der Waals surface area contributed by atoms with Gasteiger partial charge in [0.25, 0.3) is 0 Å². The molecular weight excluding hydrogens is 226 g/mol. The number of urea groups is 1. The van der Waals surface area contributed by atoms with Crippen molar-refractivity contribution in [3.8, 4) is 0 Å². The largest absolute Gasteiger partial charge is 0.366 e. The summed E-state index contributed by atoms with van der Waals surface area (Å²) >= 11 is 1.47. The summed E-state index contributed by atoms with van der Waals surface area (Å²) in [4.78, 5) is 23.6. The third-order valence-electron chi connectivity index (χ3n) is 2.36. The van der Waals surface area contributed by atoms with Crippen LogP contribution in [0.3, 0.4) is 0 Å². The number of hydrogen-bond acceptors (Lipinski definition) is 3. The van der Waals surface area contributed by atoms with Crippen LogP contribution in [0, 0.1) is 0 Å². The molecule has 5 nitrogen and oxygen atoms in total. The molecule has 0 unspecified atom stereocenters. The minimum atomic E-state index is -0.525. The molecule has 16 heavy (non-hydrogen) atoms. The van der Waals surface area contributed by atoms with Gasteiger partial charge in [-0.25, -0.2) is 4.79 Å². The molecular formula is C10H11N3O2S. The van der Waals surface area contributed by atoms with Crippen LogP contribution in [0.25, 0.3) is 0 Å². The van der Waals surface area contributed by atoms with Crippen LogP contribution in [0.2, 0.25) is 0 Å². The molecule has 2 rings (SSSR count). The molecule has 0 spiro atoms. The second-order valence-corrected chi connectivity index (χ2v) is 4.43. The molecule has 2 heterocycles. The van der Waals surface area contributed by atoms with E-state index in [1.165, 1.54) is 11.3 Å². The van der Waals surface area contributed by atoms with Gasteiger partial charge in [-0.2, -0.15) is 0 Å². The van der Waals surface area contributed by atoms with Gasteiger partial charge in [-0.3, -0.25) is 4.79 Å². The average molecular weight is 237 g/mol. The van der Waals surface area contributed by atoms with Crippen molar-refractivity contribution in [2.75, 3.05) is 0 Å². The van der Waals surface area contributed by atoms with E-state index < -0.39 is 11.9 Å². The number of amides is 3. The summed E-state index contributed by atoms with van der Waals surface area (Å²) in [6, 6.07) is 2.96. The topological polar surface area (TPSA) is 84.2 Å². The monoisotopic (exact) mass is 237 g/mol. The van der Waals surface area contributed by atoms with Gasteiger partial charge in [-0.15, -0.1) is 11.3 Å². The van der Waals surface area contributed by atoms with Crippen LogP contribution < -0.4 is 16.4 Å².